The highest BCUT2D eigenvalue weighted by molar-refractivity contribution is 6.01. The van der Waals surface area contributed by atoms with Gasteiger partial charge in [-0.15, -0.1) is 0 Å². The molecule has 0 atom stereocenters. The number of carbonyl (C=O) groups is 2. The molecule has 0 unspecified atom stereocenters. The molecule has 5 nitrogen and oxygen atoms in total. The molecule has 2 rings (SSSR count). The summed E-state index contributed by atoms with van der Waals surface area (Å²) in [6.45, 7) is 4.26. The molecule has 24 heavy (non-hydrogen) atoms. The topological polar surface area (TPSA) is 64.6 Å². The van der Waals surface area contributed by atoms with Gasteiger partial charge in [0.05, 0.1) is 31.4 Å². The molecule has 0 aromatic heterocycles. The van der Waals surface area contributed by atoms with Gasteiger partial charge >= 0.3 is 5.97 Å². The quantitative estimate of drug-likeness (QED) is 0.825. The summed E-state index contributed by atoms with van der Waals surface area (Å²) in [5, 5.41) is 2.72. The van der Waals surface area contributed by atoms with Crippen LogP contribution in [-0.2, 0) is 9.53 Å². The SMILES string of the molecule is COC(=O)c1ccccc1NC(=O)CCOc1cccc(C)c1C. The van der Waals surface area contributed by atoms with Crippen LogP contribution >= 0.6 is 0 Å². The van der Waals surface area contributed by atoms with Gasteiger partial charge in [-0.3, -0.25) is 4.79 Å². The van der Waals surface area contributed by atoms with Gasteiger partial charge in [-0.25, -0.2) is 4.79 Å². The fourth-order valence-corrected chi connectivity index (χ4v) is 2.23. The largest absolute Gasteiger partial charge is 0.493 e. The monoisotopic (exact) mass is 327 g/mol. The molecule has 0 aliphatic heterocycles. The van der Waals surface area contributed by atoms with E-state index in [0.29, 0.717) is 11.3 Å². The lowest BCUT2D eigenvalue weighted by Crippen LogP contribution is -2.17. The maximum atomic E-state index is 12.1. The number of para-hydroxylation sites is 1. The van der Waals surface area contributed by atoms with E-state index in [-0.39, 0.29) is 18.9 Å². The zero-order chi connectivity index (χ0) is 17.5. The van der Waals surface area contributed by atoms with Crippen LogP contribution in [0.3, 0.4) is 0 Å². The number of ether oxygens (including phenoxy) is 2. The van der Waals surface area contributed by atoms with E-state index < -0.39 is 5.97 Å². The van der Waals surface area contributed by atoms with Crippen LogP contribution in [0.15, 0.2) is 42.5 Å². The van der Waals surface area contributed by atoms with Crippen LogP contribution < -0.4 is 10.1 Å². The Kier molecular flexibility index (Phi) is 5.95. The Morgan fingerprint density at radius 3 is 2.54 bits per heavy atom. The maximum absolute atomic E-state index is 12.1. The number of anilines is 1. The maximum Gasteiger partial charge on any atom is 0.339 e. The molecule has 126 valence electrons. The minimum atomic E-state index is -0.488. The van der Waals surface area contributed by atoms with Crippen LogP contribution in [-0.4, -0.2) is 25.6 Å². The van der Waals surface area contributed by atoms with Gasteiger partial charge in [-0.2, -0.15) is 0 Å². The normalized spacial score (nSPS) is 10.1. The van der Waals surface area contributed by atoms with Crippen molar-refractivity contribution in [2.24, 2.45) is 0 Å². The van der Waals surface area contributed by atoms with Crippen molar-refractivity contribution in [3.8, 4) is 5.75 Å². The lowest BCUT2D eigenvalue weighted by Gasteiger charge is -2.12. The summed E-state index contributed by atoms with van der Waals surface area (Å²) in [5.74, 6) is 0.0620. The number of methoxy groups -OCH3 is 1. The molecule has 0 aliphatic carbocycles. The summed E-state index contributed by atoms with van der Waals surface area (Å²) in [5.41, 5.74) is 2.96. The number of amides is 1. The minimum absolute atomic E-state index is 0.183. The van der Waals surface area contributed by atoms with Crippen LogP contribution in [0.25, 0.3) is 0 Å². The molecule has 0 saturated carbocycles. The van der Waals surface area contributed by atoms with Crippen molar-refractivity contribution in [2.75, 3.05) is 19.0 Å². The van der Waals surface area contributed by atoms with Gasteiger partial charge in [0.25, 0.3) is 0 Å². The van der Waals surface area contributed by atoms with E-state index in [2.05, 4.69) is 5.32 Å². The molecule has 2 aromatic rings. The highest BCUT2D eigenvalue weighted by atomic mass is 16.5. The van der Waals surface area contributed by atoms with Crippen molar-refractivity contribution in [3.63, 3.8) is 0 Å². The Bertz CT molecular complexity index is 740. The average molecular weight is 327 g/mol. The van der Waals surface area contributed by atoms with E-state index in [1.54, 1.807) is 24.3 Å². The first kappa shape index (κ1) is 17.5. The summed E-state index contributed by atoms with van der Waals surface area (Å²) in [4.78, 5) is 23.8. The number of benzene rings is 2. The smallest absolute Gasteiger partial charge is 0.339 e. The standard InChI is InChI=1S/C19H21NO4/c1-13-7-6-10-17(14(13)2)24-12-11-18(21)20-16-9-5-4-8-15(16)19(22)23-3/h4-10H,11-12H2,1-3H3,(H,20,21). The number of hydrogen-bond acceptors (Lipinski definition) is 4. The number of hydrogen-bond donors (Lipinski definition) is 1. The fraction of sp³-hybridized carbons (Fsp3) is 0.263. The van der Waals surface area contributed by atoms with Crippen molar-refractivity contribution < 1.29 is 19.1 Å². The van der Waals surface area contributed by atoms with Gasteiger partial charge in [-0.1, -0.05) is 24.3 Å². The van der Waals surface area contributed by atoms with Gasteiger partial charge in [-0.05, 0) is 43.2 Å². The predicted octanol–water partition coefficient (Wildman–Crippen LogP) is 3.50. The van der Waals surface area contributed by atoms with Crippen molar-refractivity contribution in [1.82, 2.24) is 0 Å². The van der Waals surface area contributed by atoms with Gasteiger partial charge in [0.15, 0.2) is 0 Å². The van der Waals surface area contributed by atoms with Crippen LogP contribution in [0, 0.1) is 13.8 Å². The van der Waals surface area contributed by atoms with Crippen LogP contribution in [0.4, 0.5) is 5.69 Å². The molecule has 5 heteroatoms. The van der Waals surface area contributed by atoms with Gasteiger partial charge in [0.1, 0.15) is 5.75 Å². The Labute approximate surface area is 141 Å². The molecule has 0 spiro atoms. The van der Waals surface area contributed by atoms with Gasteiger partial charge < -0.3 is 14.8 Å². The summed E-state index contributed by atoms with van der Waals surface area (Å²) < 4.78 is 10.4. The Morgan fingerprint density at radius 2 is 1.79 bits per heavy atom. The number of nitrogens with one attached hydrogen (secondary N) is 1. The summed E-state index contributed by atoms with van der Waals surface area (Å²) in [7, 11) is 1.30. The number of aryl methyl sites for hydroxylation is 1. The van der Waals surface area contributed by atoms with E-state index in [9.17, 15) is 9.59 Å². The third-order valence-corrected chi connectivity index (χ3v) is 3.75. The molecule has 0 saturated heterocycles. The summed E-state index contributed by atoms with van der Waals surface area (Å²) in [6, 6.07) is 12.5. The van der Waals surface area contributed by atoms with Gasteiger partial charge in [0, 0.05) is 0 Å². The van der Waals surface area contributed by atoms with Crippen molar-refractivity contribution in [3.05, 3.63) is 59.2 Å². The third kappa shape index (κ3) is 4.35. The third-order valence-electron chi connectivity index (χ3n) is 3.75. The lowest BCUT2D eigenvalue weighted by atomic mass is 10.1. The van der Waals surface area contributed by atoms with Crippen LogP contribution in [0.2, 0.25) is 0 Å². The first-order valence-electron chi connectivity index (χ1n) is 7.69. The minimum Gasteiger partial charge on any atom is -0.493 e. The molecule has 0 fully saturated rings. The van der Waals surface area contributed by atoms with Crippen molar-refractivity contribution in [1.29, 1.82) is 0 Å². The van der Waals surface area contributed by atoms with E-state index in [4.69, 9.17) is 9.47 Å². The molecule has 0 aliphatic rings. The highest BCUT2D eigenvalue weighted by Crippen LogP contribution is 2.21. The van der Waals surface area contributed by atoms with Crippen molar-refractivity contribution >= 4 is 17.6 Å². The second kappa shape index (κ2) is 8.15. The fourth-order valence-electron chi connectivity index (χ4n) is 2.23. The van der Waals surface area contributed by atoms with Crippen molar-refractivity contribution in [2.45, 2.75) is 20.3 Å². The van der Waals surface area contributed by atoms with E-state index in [0.717, 1.165) is 16.9 Å². The second-order valence-corrected chi connectivity index (χ2v) is 5.38. The molecular weight excluding hydrogens is 306 g/mol. The molecule has 0 heterocycles. The first-order chi connectivity index (χ1) is 11.5. The van der Waals surface area contributed by atoms with E-state index >= 15 is 0 Å². The average Bonchev–Trinajstić information content (AvgIpc) is 2.58. The highest BCUT2D eigenvalue weighted by Gasteiger charge is 2.13. The number of rotatable bonds is 6. The zero-order valence-electron chi connectivity index (χ0n) is 14.1. The molecule has 1 N–H and O–H groups in total. The summed E-state index contributed by atoms with van der Waals surface area (Å²) in [6.07, 6.45) is 0.183. The summed E-state index contributed by atoms with van der Waals surface area (Å²) >= 11 is 0. The molecule has 1 amide bonds. The first-order valence-corrected chi connectivity index (χ1v) is 7.69. The second-order valence-electron chi connectivity index (χ2n) is 5.38. The Morgan fingerprint density at radius 1 is 1.04 bits per heavy atom. The Balaban J connectivity index is 1.93. The van der Waals surface area contributed by atoms with Crippen LogP contribution in [0.1, 0.15) is 27.9 Å². The number of esters is 1. The molecular formula is C19H21NO4. The molecule has 0 bridgehead atoms. The zero-order valence-corrected chi connectivity index (χ0v) is 14.1. The van der Waals surface area contributed by atoms with Crippen LogP contribution in [0.5, 0.6) is 5.75 Å². The Hall–Kier alpha value is -2.82. The molecule has 0 radical (unpaired) electrons. The number of carbonyl (C=O) groups excluding carboxylic acids is 2. The van der Waals surface area contributed by atoms with Gasteiger partial charge in [0.2, 0.25) is 5.91 Å². The lowest BCUT2D eigenvalue weighted by molar-refractivity contribution is -0.116. The predicted molar refractivity (Wildman–Crippen MR) is 92.4 cm³/mol. The van der Waals surface area contributed by atoms with E-state index in [1.807, 2.05) is 32.0 Å². The molecule has 2 aromatic carbocycles. The van der Waals surface area contributed by atoms with E-state index in [1.165, 1.54) is 7.11 Å².